The molecule has 0 heterocycles. The third-order valence-electron chi connectivity index (χ3n) is 3.43. The summed E-state index contributed by atoms with van der Waals surface area (Å²) in [7, 11) is 0. The van der Waals surface area contributed by atoms with Crippen molar-refractivity contribution in [2.75, 3.05) is 12.4 Å². The van der Waals surface area contributed by atoms with Crippen LogP contribution < -0.4 is 10.1 Å². The van der Waals surface area contributed by atoms with Crippen molar-refractivity contribution in [3.05, 3.63) is 64.4 Å². The minimum absolute atomic E-state index is 0.0978. The van der Waals surface area contributed by atoms with Crippen molar-refractivity contribution >= 4 is 29.3 Å². The van der Waals surface area contributed by atoms with Gasteiger partial charge in [0.05, 0.1) is 11.8 Å². The average molecular weight is 382 g/mol. The van der Waals surface area contributed by atoms with Crippen LogP contribution in [0.5, 0.6) is 5.75 Å². The molecule has 1 amide bonds. The Morgan fingerprint density at radius 2 is 2.00 bits per heavy atom. The third-order valence-corrected chi connectivity index (χ3v) is 4.65. The number of nitrogens with one attached hydrogen (secondary N) is 1. The molecule has 1 N–H and O–H groups in total. The van der Waals surface area contributed by atoms with Gasteiger partial charge in [0.2, 0.25) is 5.91 Å². The molecule has 0 saturated heterocycles. The van der Waals surface area contributed by atoms with Crippen LogP contribution in [-0.4, -0.2) is 24.3 Å². The molecule has 0 saturated carbocycles. The molecule has 6 heteroatoms. The molecule has 3 nitrogen and oxygen atoms in total. The first-order chi connectivity index (χ1) is 11.9. The number of hydrogen-bond acceptors (Lipinski definition) is 3. The largest absolute Gasteiger partial charge is 0.491 e. The minimum atomic E-state index is -0.347. The Morgan fingerprint density at radius 3 is 2.68 bits per heavy atom. The smallest absolute Gasteiger partial charge is 0.230 e. The van der Waals surface area contributed by atoms with Crippen LogP contribution in [-0.2, 0) is 10.5 Å². The van der Waals surface area contributed by atoms with Gasteiger partial charge in [0.1, 0.15) is 18.2 Å². The lowest BCUT2D eigenvalue weighted by Gasteiger charge is -2.15. The number of carbonyl (C=O) groups is 1. The molecule has 0 unspecified atom stereocenters. The van der Waals surface area contributed by atoms with Gasteiger partial charge in [0.25, 0.3) is 0 Å². The van der Waals surface area contributed by atoms with Crippen LogP contribution in [0.15, 0.2) is 42.5 Å². The van der Waals surface area contributed by atoms with Crippen molar-refractivity contribution < 1.29 is 13.9 Å². The van der Waals surface area contributed by atoms with E-state index in [1.54, 1.807) is 12.1 Å². The van der Waals surface area contributed by atoms with Gasteiger partial charge in [0.15, 0.2) is 0 Å². The Kier molecular flexibility index (Phi) is 7.59. The zero-order valence-electron chi connectivity index (χ0n) is 14.2. The summed E-state index contributed by atoms with van der Waals surface area (Å²) in [5.74, 6) is 1.01. The summed E-state index contributed by atoms with van der Waals surface area (Å²) in [6, 6.07) is 12.2. The second-order valence-corrected chi connectivity index (χ2v) is 7.24. The van der Waals surface area contributed by atoms with E-state index in [0.29, 0.717) is 22.9 Å². The highest BCUT2D eigenvalue weighted by Crippen LogP contribution is 2.19. The number of thioether (sulfide) groups is 1. The number of benzene rings is 2. The zero-order valence-corrected chi connectivity index (χ0v) is 15.8. The molecule has 0 aliphatic heterocycles. The van der Waals surface area contributed by atoms with Crippen LogP contribution in [0.25, 0.3) is 0 Å². The van der Waals surface area contributed by atoms with Crippen LogP contribution in [0.1, 0.15) is 18.1 Å². The van der Waals surface area contributed by atoms with Gasteiger partial charge in [-0.2, -0.15) is 0 Å². The first-order valence-electron chi connectivity index (χ1n) is 7.94. The van der Waals surface area contributed by atoms with Gasteiger partial charge in [-0.3, -0.25) is 4.79 Å². The van der Waals surface area contributed by atoms with Crippen molar-refractivity contribution in [1.29, 1.82) is 0 Å². The molecule has 2 aromatic carbocycles. The van der Waals surface area contributed by atoms with Gasteiger partial charge in [-0.05, 0) is 43.7 Å². The lowest BCUT2D eigenvalue weighted by atomic mass is 10.2. The van der Waals surface area contributed by atoms with Crippen molar-refractivity contribution in [3.8, 4) is 5.75 Å². The van der Waals surface area contributed by atoms with Gasteiger partial charge in [-0.15, -0.1) is 11.8 Å². The number of halogens is 2. The fraction of sp³-hybridized carbons (Fsp3) is 0.316. The molecule has 0 spiro atoms. The molecule has 0 radical (unpaired) electrons. The fourth-order valence-corrected chi connectivity index (χ4v) is 3.09. The van der Waals surface area contributed by atoms with Crippen LogP contribution >= 0.6 is 23.4 Å². The highest BCUT2D eigenvalue weighted by Gasteiger charge is 2.09. The molecule has 0 bridgehead atoms. The lowest BCUT2D eigenvalue weighted by molar-refractivity contribution is -0.119. The number of hydrogen-bond donors (Lipinski definition) is 1. The summed E-state index contributed by atoms with van der Waals surface area (Å²) >= 11 is 7.07. The lowest BCUT2D eigenvalue weighted by Crippen LogP contribution is -2.37. The summed E-state index contributed by atoms with van der Waals surface area (Å²) < 4.78 is 19.3. The molecular weight excluding hydrogens is 361 g/mol. The van der Waals surface area contributed by atoms with Gasteiger partial charge in [-0.25, -0.2) is 4.39 Å². The quantitative estimate of drug-likeness (QED) is 0.726. The Labute approximate surface area is 156 Å². The number of amides is 1. The minimum Gasteiger partial charge on any atom is -0.491 e. The summed E-state index contributed by atoms with van der Waals surface area (Å²) in [5.41, 5.74) is 1.71. The van der Waals surface area contributed by atoms with E-state index in [1.165, 1.54) is 23.4 Å². The first-order valence-corrected chi connectivity index (χ1v) is 9.48. The Bertz CT molecular complexity index is 709. The van der Waals surface area contributed by atoms with E-state index >= 15 is 0 Å². The molecule has 25 heavy (non-hydrogen) atoms. The zero-order chi connectivity index (χ0) is 18.2. The van der Waals surface area contributed by atoms with Crippen LogP contribution in [0, 0.1) is 12.7 Å². The summed E-state index contributed by atoms with van der Waals surface area (Å²) in [6.07, 6.45) is 0. The number of carbonyl (C=O) groups excluding carboxylic acids is 1. The molecule has 2 rings (SSSR count). The van der Waals surface area contributed by atoms with Gasteiger partial charge in [0, 0.05) is 10.8 Å². The monoisotopic (exact) mass is 381 g/mol. The van der Waals surface area contributed by atoms with Crippen molar-refractivity contribution in [1.82, 2.24) is 5.32 Å². The second-order valence-electron chi connectivity index (χ2n) is 5.82. The SMILES string of the molecule is Cc1ccc(OC[C@@H](C)NC(=O)CSCc2ccc(Cl)cc2F)cc1. The van der Waals surface area contributed by atoms with Gasteiger partial charge < -0.3 is 10.1 Å². The number of rotatable bonds is 8. The summed E-state index contributed by atoms with van der Waals surface area (Å²) in [5, 5.41) is 3.24. The molecule has 0 fully saturated rings. The topological polar surface area (TPSA) is 38.3 Å². The maximum atomic E-state index is 13.7. The Hall–Kier alpha value is -1.72. The second kappa shape index (κ2) is 9.68. The highest BCUT2D eigenvalue weighted by molar-refractivity contribution is 7.99. The average Bonchev–Trinajstić information content (AvgIpc) is 2.56. The number of aryl methyl sites for hydroxylation is 1. The van der Waals surface area contributed by atoms with Crippen LogP contribution in [0.3, 0.4) is 0 Å². The molecule has 1 atom stereocenters. The predicted octanol–water partition coefficient (Wildman–Crippen LogP) is 4.60. The summed E-state index contributed by atoms with van der Waals surface area (Å²) in [6.45, 7) is 4.29. The molecule has 2 aromatic rings. The standard InChI is InChI=1S/C19H21ClFNO2S/c1-13-3-7-17(8-4-13)24-10-14(2)22-19(23)12-25-11-15-5-6-16(20)9-18(15)21/h3-9,14H,10-12H2,1-2H3,(H,22,23)/t14-/m1/s1. The fourth-order valence-electron chi connectivity index (χ4n) is 2.11. The van der Waals surface area contributed by atoms with E-state index in [4.69, 9.17) is 16.3 Å². The van der Waals surface area contributed by atoms with E-state index in [0.717, 1.165) is 5.75 Å². The van der Waals surface area contributed by atoms with E-state index in [1.807, 2.05) is 38.1 Å². The van der Waals surface area contributed by atoms with Crippen molar-refractivity contribution in [2.24, 2.45) is 0 Å². The number of ether oxygens (including phenoxy) is 1. The maximum Gasteiger partial charge on any atom is 0.230 e. The first kappa shape index (κ1) is 19.6. The van der Waals surface area contributed by atoms with E-state index in [9.17, 15) is 9.18 Å². The predicted molar refractivity (Wildman–Crippen MR) is 102 cm³/mol. The van der Waals surface area contributed by atoms with Gasteiger partial charge >= 0.3 is 0 Å². The van der Waals surface area contributed by atoms with Crippen LogP contribution in [0.4, 0.5) is 4.39 Å². The van der Waals surface area contributed by atoms with Crippen LogP contribution in [0.2, 0.25) is 5.02 Å². The normalized spacial score (nSPS) is 11.8. The van der Waals surface area contributed by atoms with Crippen molar-refractivity contribution in [2.45, 2.75) is 25.6 Å². The van der Waals surface area contributed by atoms with E-state index in [-0.39, 0.29) is 23.5 Å². The Morgan fingerprint density at radius 1 is 1.28 bits per heavy atom. The Balaban J connectivity index is 1.67. The third kappa shape index (κ3) is 6.96. The van der Waals surface area contributed by atoms with Gasteiger partial charge in [-0.1, -0.05) is 35.4 Å². The molecule has 0 aliphatic carbocycles. The molecule has 134 valence electrons. The summed E-state index contributed by atoms with van der Waals surface area (Å²) in [4.78, 5) is 11.9. The highest BCUT2D eigenvalue weighted by atomic mass is 35.5. The van der Waals surface area contributed by atoms with E-state index < -0.39 is 0 Å². The molecule has 0 aliphatic rings. The van der Waals surface area contributed by atoms with Crippen molar-refractivity contribution in [3.63, 3.8) is 0 Å². The van der Waals surface area contributed by atoms with E-state index in [2.05, 4.69) is 5.32 Å². The maximum absolute atomic E-state index is 13.7. The molecular formula is C19H21ClFNO2S. The molecule has 0 aromatic heterocycles.